The Morgan fingerprint density at radius 1 is 0.600 bits per heavy atom. The maximum absolute atomic E-state index is 12.0. The van der Waals surface area contributed by atoms with Gasteiger partial charge in [-0.2, -0.15) is 12.8 Å². The third-order valence-corrected chi connectivity index (χ3v) is 10.8. The Bertz CT molecular complexity index is 1740. The standard InChI is InChI=1S/C14H12BrNO2S.C7H6BrClO2S.C7H8BrNO2S.CH4.H3N/c15-10-12-6-8-14(9-7-12)19(17,18)16-11-13-4-2-1-3-5-13;2*8-5-6-1-3-7(4-2-6)12(9,10)11;;/h1-9,11H,10H2;1-4H,5H2;1-4H,5H2,(H2,9,10,11);1H4;1H3. The fourth-order valence-electron chi connectivity index (χ4n) is 2.99. The zero-order valence-corrected chi connectivity index (χ0v) is 30.9. The number of hydrogen-bond donors (Lipinski definition) is 2. The smallest absolute Gasteiger partial charge is 0.282 e. The highest BCUT2D eigenvalue weighted by molar-refractivity contribution is 9.09. The van der Waals surface area contributed by atoms with Crippen molar-refractivity contribution in [1.82, 2.24) is 6.15 Å². The van der Waals surface area contributed by atoms with Crippen LogP contribution >= 0.6 is 58.5 Å². The molecular weight excluding hydrogens is 858 g/mol. The lowest BCUT2D eigenvalue weighted by Gasteiger charge is -2.00. The second-order valence-corrected chi connectivity index (χ2v) is 15.9. The van der Waals surface area contributed by atoms with Crippen LogP contribution in [0.2, 0.25) is 0 Å². The summed E-state index contributed by atoms with van der Waals surface area (Å²) in [6, 6.07) is 28.6. The van der Waals surface area contributed by atoms with Gasteiger partial charge in [0.2, 0.25) is 10.0 Å². The average Bonchev–Trinajstić information content (AvgIpc) is 3.00. The van der Waals surface area contributed by atoms with Crippen molar-refractivity contribution in [3.63, 3.8) is 0 Å². The van der Waals surface area contributed by atoms with E-state index in [2.05, 4.69) is 52.2 Å². The van der Waals surface area contributed by atoms with E-state index in [0.717, 1.165) is 22.3 Å². The van der Waals surface area contributed by atoms with Crippen LogP contribution in [0.15, 0.2) is 122 Å². The molecule has 4 aromatic rings. The van der Waals surface area contributed by atoms with Crippen molar-refractivity contribution in [2.75, 3.05) is 0 Å². The number of sulfonamides is 2. The molecule has 0 aromatic heterocycles. The van der Waals surface area contributed by atoms with Crippen LogP contribution in [0.3, 0.4) is 0 Å². The van der Waals surface area contributed by atoms with Gasteiger partial charge >= 0.3 is 0 Å². The van der Waals surface area contributed by atoms with Crippen molar-refractivity contribution in [2.45, 2.75) is 38.1 Å². The summed E-state index contributed by atoms with van der Waals surface area (Å²) in [6.45, 7) is 0. The molecule has 0 saturated carbocycles. The van der Waals surface area contributed by atoms with Crippen molar-refractivity contribution in [3.8, 4) is 0 Å². The number of rotatable bonds is 8. The van der Waals surface area contributed by atoms with Gasteiger partial charge in [-0.15, -0.1) is 0 Å². The molecule has 0 fully saturated rings. The van der Waals surface area contributed by atoms with E-state index in [1.165, 1.54) is 30.5 Å². The van der Waals surface area contributed by atoms with Gasteiger partial charge in [0.05, 0.1) is 14.7 Å². The molecule has 0 heterocycles. The van der Waals surface area contributed by atoms with E-state index >= 15 is 0 Å². The fraction of sp³-hybridized carbons (Fsp3) is 0.138. The van der Waals surface area contributed by atoms with Gasteiger partial charge in [0.25, 0.3) is 19.1 Å². The lowest BCUT2D eigenvalue weighted by molar-refractivity contribution is 0.596. The van der Waals surface area contributed by atoms with Gasteiger partial charge in [-0.3, -0.25) is 0 Å². The first-order valence-corrected chi connectivity index (χ1v) is 20.6. The Kier molecular flexibility index (Phi) is 19.4. The molecule has 0 radical (unpaired) electrons. The summed E-state index contributed by atoms with van der Waals surface area (Å²) < 4.78 is 70.8. The van der Waals surface area contributed by atoms with Gasteiger partial charge in [0.15, 0.2) is 0 Å². The van der Waals surface area contributed by atoms with Crippen LogP contribution in [-0.2, 0) is 45.1 Å². The number of benzene rings is 4. The van der Waals surface area contributed by atoms with Crippen molar-refractivity contribution in [1.29, 1.82) is 0 Å². The molecule has 4 aromatic carbocycles. The highest BCUT2D eigenvalue weighted by Crippen LogP contribution is 2.17. The number of halogens is 4. The van der Waals surface area contributed by atoms with E-state index in [1.807, 2.05) is 18.2 Å². The summed E-state index contributed by atoms with van der Waals surface area (Å²) in [6.07, 6.45) is 1.35. The summed E-state index contributed by atoms with van der Waals surface area (Å²) >= 11 is 9.82. The Balaban J connectivity index is 0.000000658. The zero-order chi connectivity index (χ0) is 32.1. The molecule has 246 valence electrons. The van der Waals surface area contributed by atoms with Gasteiger partial charge in [0.1, 0.15) is 0 Å². The molecule has 0 aliphatic rings. The molecule has 5 N–H and O–H groups in total. The van der Waals surface area contributed by atoms with E-state index in [0.29, 0.717) is 16.0 Å². The molecule has 0 aliphatic heterocycles. The van der Waals surface area contributed by atoms with Gasteiger partial charge in [-0.25, -0.2) is 22.0 Å². The summed E-state index contributed by atoms with van der Waals surface area (Å²) in [7, 11) is -5.63. The van der Waals surface area contributed by atoms with Crippen molar-refractivity contribution in [2.24, 2.45) is 9.54 Å². The molecule has 0 amide bonds. The summed E-state index contributed by atoms with van der Waals surface area (Å²) in [5, 5.41) is 7.01. The van der Waals surface area contributed by atoms with Gasteiger partial charge in [-0.1, -0.05) is 122 Å². The van der Waals surface area contributed by atoms with Gasteiger partial charge in [0, 0.05) is 32.9 Å². The summed E-state index contributed by atoms with van der Waals surface area (Å²) in [4.78, 5) is 0.477. The van der Waals surface area contributed by atoms with Crippen LogP contribution in [0.5, 0.6) is 0 Å². The predicted octanol–water partition coefficient (Wildman–Crippen LogP) is 7.93. The number of nitrogens with two attached hydrogens (primary N) is 1. The van der Waals surface area contributed by atoms with Crippen LogP contribution in [0.25, 0.3) is 0 Å². The maximum Gasteiger partial charge on any atom is 0.282 e. The highest BCUT2D eigenvalue weighted by atomic mass is 79.9. The third kappa shape index (κ3) is 15.5. The number of primary sulfonamides is 1. The quantitative estimate of drug-likeness (QED) is 0.103. The number of hydrogen-bond acceptors (Lipinski definition) is 7. The molecule has 4 rings (SSSR count). The SMILES string of the molecule is C.N.NS(=O)(=O)c1ccc(CBr)cc1.O=S(=O)(Cl)c1ccc(CBr)cc1.O=S(=O)(N=Cc1ccccc1)c1ccc(CBr)cc1. The van der Waals surface area contributed by atoms with E-state index in [9.17, 15) is 25.3 Å². The fourth-order valence-corrected chi connectivity index (χ4v) is 6.26. The minimum Gasteiger partial charge on any atom is -0.344 e. The summed E-state index contributed by atoms with van der Waals surface area (Å²) in [5.41, 5.74) is 3.80. The van der Waals surface area contributed by atoms with E-state index < -0.39 is 29.1 Å². The monoisotopic (exact) mass is 887 g/mol. The van der Waals surface area contributed by atoms with E-state index in [1.54, 1.807) is 60.7 Å². The van der Waals surface area contributed by atoms with Crippen LogP contribution in [0.4, 0.5) is 0 Å². The molecule has 0 aliphatic carbocycles. The van der Waals surface area contributed by atoms with Crippen molar-refractivity contribution < 1.29 is 25.3 Å². The largest absolute Gasteiger partial charge is 0.344 e. The lowest BCUT2D eigenvalue weighted by atomic mass is 10.2. The van der Waals surface area contributed by atoms with Gasteiger partial charge < -0.3 is 6.15 Å². The molecule has 0 bridgehead atoms. The summed E-state index contributed by atoms with van der Waals surface area (Å²) in [5.74, 6) is 0. The minimum atomic E-state index is -3.63. The van der Waals surface area contributed by atoms with E-state index in [4.69, 9.17) is 15.8 Å². The van der Waals surface area contributed by atoms with Crippen LogP contribution < -0.4 is 11.3 Å². The molecule has 0 unspecified atom stereocenters. The van der Waals surface area contributed by atoms with Crippen LogP contribution in [-0.4, -0.2) is 31.5 Å². The van der Waals surface area contributed by atoms with E-state index in [-0.39, 0.29) is 28.3 Å². The molecule has 45 heavy (non-hydrogen) atoms. The third-order valence-electron chi connectivity index (χ3n) is 5.28. The predicted molar refractivity (Wildman–Crippen MR) is 195 cm³/mol. The van der Waals surface area contributed by atoms with Crippen molar-refractivity contribution >= 4 is 93.8 Å². The second-order valence-electron chi connectivity index (χ2n) is 8.44. The molecule has 0 atom stereocenters. The topological polar surface area (TPSA) is 176 Å². The van der Waals surface area contributed by atoms with Gasteiger partial charge in [-0.05, 0) is 58.7 Å². The Hall–Kier alpha value is -1.95. The van der Waals surface area contributed by atoms with Crippen LogP contribution in [0.1, 0.15) is 29.7 Å². The highest BCUT2D eigenvalue weighted by Gasteiger charge is 2.11. The zero-order valence-electron chi connectivity index (χ0n) is 22.9. The maximum atomic E-state index is 12.0. The second kappa shape index (κ2) is 20.3. The Labute approximate surface area is 295 Å². The number of alkyl halides is 3. The first-order chi connectivity index (χ1) is 20.2. The normalized spacial score (nSPS) is 11.1. The van der Waals surface area contributed by atoms with Crippen molar-refractivity contribution in [3.05, 3.63) is 125 Å². The average molecular weight is 891 g/mol. The number of nitrogens with zero attached hydrogens (tertiary/aromatic N) is 1. The first-order valence-electron chi connectivity index (χ1n) is 12.0. The van der Waals surface area contributed by atoms with Crippen LogP contribution in [0, 0.1) is 0 Å². The molecular formula is C29H33Br3ClN3O6S3. The Morgan fingerprint density at radius 2 is 0.956 bits per heavy atom. The minimum absolute atomic E-state index is 0. The molecule has 0 spiro atoms. The lowest BCUT2D eigenvalue weighted by Crippen LogP contribution is -2.11. The Morgan fingerprint density at radius 3 is 1.29 bits per heavy atom. The molecule has 0 saturated heterocycles. The first kappa shape index (κ1) is 43.0. The molecule has 9 nitrogen and oxygen atoms in total. The molecule has 16 heteroatoms.